The van der Waals surface area contributed by atoms with Gasteiger partial charge in [0.15, 0.2) is 12.8 Å². The Morgan fingerprint density at radius 3 is 2.47 bits per heavy atom. The van der Waals surface area contributed by atoms with Crippen LogP contribution in [0.25, 0.3) is 22.2 Å². The highest BCUT2D eigenvalue weighted by atomic mass is 16.7. The lowest BCUT2D eigenvalue weighted by molar-refractivity contribution is -0.161. The highest BCUT2D eigenvalue weighted by molar-refractivity contribution is 5.83. The second-order valence-electron chi connectivity index (χ2n) is 13.7. The number of carbonyl (C=O) groups is 1. The Balaban J connectivity index is 1.08. The average Bonchev–Trinajstić information content (AvgIpc) is 3.38. The largest absolute Gasteiger partial charge is 0.467 e. The van der Waals surface area contributed by atoms with Gasteiger partial charge in [-0.05, 0) is 93.5 Å². The number of ether oxygens (including phenoxy) is 3. The second-order valence-corrected chi connectivity index (χ2v) is 13.7. The fourth-order valence-corrected chi connectivity index (χ4v) is 6.78. The van der Waals surface area contributed by atoms with Crippen molar-refractivity contribution in [1.82, 2.24) is 25.2 Å². The third kappa shape index (κ3) is 6.00. The van der Waals surface area contributed by atoms with E-state index in [1.165, 1.54) is 18.4 Å². The molecule has 0 saturated heterocycles. The molecule has 2 aromatic heterocycles. The van der Waals surface area contributed by atoms with Crippen molar-refractivity contribution in [2.75, 3.05) is 13.9 Å². The molecule has 2 fully saturated rings. The molecule has 1 spiro atoms. The van der Waals surface area contributed by atoms with Gasteiger partial charge in [-0.25, -0.2) is 9.48 Å². The van der Waals surface area contributed by atoms with Gasteiger partial charge in [0, 0.05) is 30.2 Å². The van der Waals surface area contributed by atoms with Crippen LogP contribution in [0.15, 0.2) is 54.7 Å². The molecular formula is C34H41N5O4. The Kier molecular flexibility index (Phi) is 7.71. The molecule has 9 heteroatoms. The Morgan fingerprint density at radius 1 is 1.00 bits per heavy atom. The fraction of sp³-hybridized carbons (Fsp3) is 0.500. The van der Waals surface area contributed by atoms with E-state index in [4.69, 9.17) is 14.2 Å². The van der Waals surface area contributed by atoms with E-state index in [-0.39, 0.29) is 18.7 Å². The summed E-state index contributed by atoms with van der Waals surface area (Å²) < 4.78 is 18.2. The highest BCUT2D eigenvalue weighted by Gasteiger charge is 2.54. The first-order chi connectivity index (χ1) is 20.5. The highest BCUT2D eigenvalue weighted by Crippen LogP contribution is 2.66. The maximum absolute atomic E-state index is 12.9. The van der Waals surface area contributed by atoms with Crippen molar-refractivity contribution in [2.45, 2.75) is 83.8 Å². The molecule has 43 heavy (non-hydrogen) atoms. The van der Waals surface area contributed by atoms with E-state index in [0.29, 0.717) is 17.3 Å². The summed E-state index contributed by atoms with van der Waals surface area (Å²) in [5.74, 6) is 1.43. The minimum absolute atomic E-state index is 0.0495. The molecule has 9 nitrogen and oxygen atoms in total. The molecule has 2 saturated carbocycles. The maximum atomic E-state index is 12.9. The molecule has 0 unspecified atom stereocenters. The number of esters is 1. The number of rotatable bonds is 9. The SMILES string of the molecule is COCOc1ccccc1-c1cc2ccc(C3CC4(C3)CC(c3cn([C@H](C(=O)OC(C)(C)C)C(C)C)nn3)C4)cc2nn1. The minimum Gasteiger partial charge on any atom is -0.467 e. The summed E-state index contributed by atoms with van der Waals surface area (Å²) >= 11 is 0. The van der Waals surface area contributed by atoms with Gasteiger partial charge in [0.25, 0.3) is 0 Å². The summed E-state index contributed by atoms with van der Waals surface area (Å²) in [5, 5.41) is 19.0. The van der Waals surface area contributed by atoms with Crippen LogP contribution in [0.1, 0.15) is 89.4 Å². The normalized spacial score (nSPS) is 22.3. The third-order valence-electron chi connectivity index (χ3n) is 8.81. The monoisotopic (exact) mass is 583 g/mol. The molecule has 0 amide bonds. The van der Waals surface area contributed by atoms with Crippen LogP contribution in [0.2, 0.25) is 0 Å². The van der Waals surface area contributed by atoms with E-state index < -0.39 is 11.6 Å². The number of hydrogen-bond donors (Lipinski definition) is 0. The number of benzene rings is 2. The molecule has 4 aromatic rings. The van der Waals surface area contributed by atoms with Gasteiger partial charge in [0.2, 0.25) is 0 Å². The van der Waals surface area contributed by atoms with E-state index in [2.05, 4.69) is 44.8 Å². The zero-order valence-electron chi connectivity index (χ0n) is 25.9. The lowest BCUT2D eigenvalue weighted by Gasteiger charge is -2.57. The van der Waals surface area contributed by atoms with E-state index in [0.717, 1.165) is 46.4 Å². The van der Waals surface area contributed by atoms with Crippen molar-refractivity contribution in [3.63, 3.8) is 0 Å². The van der Waals surface area contributed by atoms with Crippen molar-refractivity contribution < 1.29 is 19.0 Å². The van der Waals surface area contributed by atoms with Crippen molar-refractivity contribution in [1.29, 1.82) is 0 Å². The van der Waals surface area contributed by atoms with Crippen molar-refractivity contribution in [3.8, 4) is 17.0 Å². The van der Waals surface area contributed by atoms with Crippen LogP contribution in [0, 0.1) is 11.3 Å². The number of para-hydroxylation sites is 1. The molecule has 0 bridgehead atoms. The van der Waals surface area contributed by atoms with Gasteiger partial charge in [-0.3, -0.25) is 0 Å². The molecule has 2 aliphatic rings. The topological polar surface area (TPSA) is 101 Å². The average molecular weight is 584 g/mol. The Morgan fingerprint density at radius 2 is 1.74 bits per heavy atom. The molecule has 0 radical (unpaired) electrons. The van der Waals surface area contributed by atoms with Crippen LogP contribution in [-0.4, -0.2) is 50.7 Å². The van der Waals surface area contributed by atoms with Crippen molar-refractivity contribution >= 4 is 16.9 Å². The smallest absolute Gasteiger partial charge is 0.331 e. The van der Waals surface area contributed by atoms with Crippen molar-refractivity contribution in [2.24, 2.45) is 11.3 Å². The summed E-state index contributed by atoms with van der Waals surface area (Å²) in [6.07, 6.45) is 6.53. The molecule has 1 atom stereocenters. The van der Waals surface area contributed by atoms with E-state index in [1.54, 1.807) is 11.8 Å². The first-order valence-electron chi connectivity index (χ1n) is 15.2. The number of nitrogens with zero attached hydrogens (tertiary/aromatic N) is 5. The number of aromatic nitrogens is 5. The van der Waals surface area contributed by atoms with Gasteiger partial charge >= 0.3 is 5.97 Å². The van der Waals surface area contributed by atoms with E-state index >= 15 is 0 Å². The lowest BCUT2D eigenvalue weighted by atomic mass is 9.47. The first-order valence-corrected chi connectivity index (χ1v) is 15.2. The number of fused-ring (bicyclic) bond motifs is 1. The maximum Gasteiger partial charge on any atom is 0.331 e. The van der Waals surface area contributed by atoms with Crippen LogP contribution in [-0.2, 0) is 14.3 Å². The molecule has 0 aliphatic heterocycles. The zero-order chi connectivity index (χ0) is 30.4. The first kappa shape index (κ1) is 29.2. The van der Waals surface area contributed by atoms with Gasteiger partial charge < -0.3 is 14.2 Å². The van der Waals surface area contributed by atoms with Crippen LogP contribution < -0.4 is 4.74 Å². The van der Waals surface area contributed by atoms with Gasteiger partial charge in [-0.1, -0.05) is 43.3 Å². The summed E-state index contributed by atoms with van der Waals surface area (Å²) in [4.78, 5) is 12.9. The lowest BCUT2D eigenvalue weighted by Crippen LogP contribution is -2.45. The van der Waals surface area contributed by atoms with E-state index in [9.17, 15) is 4.79 Å². The van der Waals surface area contributed by atoms with E-state index in [1.807, 2.05) is 65.1 Å². The molecule has 226 valence electrons. The molecule has 6 rings (SSSR count). The summed E-state index contributed by atoms with van der Waals surface area (Å²) in [5.41, 5.74) is 4.72. The second kappa shape index (κ2) is 11.3. The Hall–Kier alpha value is -3.85. The van der Waals surface area contributed by atoms with Crippen LogP contribution in [0.4, 0.5) is 0 Å². The van der Waals surface area contributed by atoms with Crippen LogP contribution >= 0.6 is 0 Å². The van der Waals surface area contributed by atoms with Crippen LogP contribution in [0.5, 0.6) is 5.75 Å². The van der Waals surface area contributed by atoms with Gasteiger partial charge in [0.1, 0.15) is 11.4 Å². The van der Waals surface area contributed by atoms with Crippen molar-refractivity contribution in [3.05, 3.63) is 66.0 Å². The Bertz CT molecular complexity index is 1610. The Labute approximate surface area is 252 Å². The predicted octanol–water partition coefficient (Wildman–Crippen LogP) is 6.85. The van der Waals surface area contributed by atoms with Gasteiger partial charge in [0.05, 0.1) is 16.9 Å². The summed E-state index contributed by atoms with van der Waals surface area (Å²) in [7, 11) is 1.60. The fourth-order valence-electron chi connectivity index (χ4n) is 6.78. The standard InChI is InChI=1S/C34H41N5O4/c1-21(2)31(32(40)43-33(3,4)5)39-19-29(37-38-39)25-17-34(18-25)15-24(16-34)22-11-12-23-14-28(36-35-27(23)13-22)26-9-7-8-10-30(26)42-20-41-6/h7-14,19,21,24-25,31H,15-18,20H2,1-6H3/t24?,25?,31-,34?/m0/s1. The molecule has 2 aliphatic carbocycles. The van der Waals surface area contributed by atoms with Gasteiger partial charge in [-0.15, -0.1) is 15.3 Å². The quantitative estimate of drug-likeness (QED) is 0.156. The number of hydrogen-bond acceptors (Lipinski definition) is 8. The number of methoxy groups -OCH3 is 1. The predicted molar refractivity (Wildman–Crippen MR) is 164 cm³/mol. The summed E-state index contributed by atoms with van der Waals surface area (Å²) in [6, 6.07) is 16.0. The minimum atomic E-state index is -0.541. The molecule has 2 aromatic carbocycles. The zero-order valence-corrected chi connectivity index (χ0v) is 25.9. The van der Waals surface area contributed by atoms with Crippen LogP contribution in [0.3, 0.4) is 0 Å². The number of carbonyl (C=O) groups excluding carboxylic acids is 1. The molecule has 2 heterocycles. The third-order valence-corrected chi connectivity index (χ3v) is 8.81. The molecular weight excluding hydrogens is 542 g/mol. The van der Waals surface area contributed by atoms with Gasteiger partial charge in [-0.2, -0.15) is 0 Å². The molecule has 0 N–H and O–H groups in total. The summed E-state index contributed by atoms with van der Waals surface area (Å²) in [6.45, 7) is 9.86.